The van der Waals surface area contributed by atoms with Gasteiger partial charge in [-0.2, -0.15) is 0 Å². The molecule has 0 aliphatic rings. The van der Waals surface area contributed by atoms with Gasteiger partial charge in [0.15, 0.2) is 11.5 Å². The van der Waals surface area contributed by atoms with Gasteiger partial charge >= 0.3 is 5.97 Å². The van der Waals surface area contributed by atoms with Gasteiger partial charge in [0, 0.05) is 0 Å². The van der Waals surface area contributed by atoms with Gasteiger partial charge in [0.25, 0.3) is 0 Å². The molecule has 0 heterocycles. The summed E-state index contributed by atoms with van der Waals surface area (Å²) < 4.78 is 0. The molecule has 9 N–H and O–H groups in total. The lowest BCUT2D eigenvalue weighted by molar-refractivity contribution is -0.138. The molecule has 0 radical (unpaired) electrons. The second-order valence-electron chi connectivity index (χ2n) is 5.10. The molecule has 9 heteroatoms. The van der Waals surface area contributed by atoms with E-state index in [0.29, 0.717) is 5.56 Å². The summed E-state index contributed by atoms with van der Waals surface area (Å²) in [5.41, 5.74) is 4.75. The summed E-state index contributed by atoms with van der Waals surface area (Å²) in [5, 5.41) is 60.6. The summed E-state index contributed by atoms with van der Waals surface area (Å²) in [5.74, 6) is -1.62. The Kier molecular flexibility index (Phi) is 9.15. The molecule has 0 bridgehead atoms. The predicted octanol–water partition coefficient (Wildman–Crippen LogP) is -2.01. The van der Waals surface area contributed by atoms with Crippen LogP contribution in [0.3, 0.4) is 0 Å². The van der Waals surface area contributed by atoms with E-state index in [1.54, 1.807) is 0 Å². The van der Waals surface area contributed by atoms with Gasteiger partial charge < -0.3 is 41.5 Å². The number of rotatable bonds is 7. The number of aliphatic carboxylic acids is 1. The van der Waals surface area contributed by atoms with Crippen LogP contribution >= 0.6 is 0 Å². The van der Waals surface area contributed by atoms with Crippen molar-refractivity contribution in [2.75, 3.05) is 26.4 Å². The van der Waals surface area contributed by atoms with Crippen molar-refractivity contribution in [2.45, 2.75) is 12.5 Å². The highest BCUT2D eigenvalue weighted by atomic mass is 16.4. The predicted molar refractivity (Wildman–Crippen MR) is 79.9 cm³/mol. The minimum atomic E-state index is -1.11. The Balaban J connectivity index is 0.000000468. The van der Waals surface area contributed by atoms with Gasteiger partial charge in [-0.15, -0.1) is 0 Å². The molecule has 1 rings (SSSR count). The SMILES string of the molecule is N[C@@H](Cc1ccc(O)c(O)c1)C(=O)O.OCC(CO)(CO)CO. The van der Waals surface area contributed by atoms with E-state index in [2.05, 4.69) is 0 Å². The normalized spacial score (nSPS) is 12.2. The topological polar surface area (TPSA) is 185 Å². The molecular formula is C14H23NO8. The molecule has 23 heavy (non-hydrogen) atoms. The number of hydrogen-bond acceptors (Lipinski definition) is 8. The van der Waals surface area contributed by atoms with Crippen molar-refractivity contribution in [1.82, 2.24) is 0 Å². The average molecular weight is 333 g/mol. The molecule has 0 fully saturated rings. The van der Waals surface area contributed by atoms with E-state index >= 15 is 0 Å². The van der Waals surface area contributed by atoms with Crippen LogP contribution in [0.15, 0.2) is 18.2 Å². The number of hydrogen-bond donors (Lipinski definition) is 8. The number of phenolic OH excluding ortho intramolecular Hbond substituents is 2. The number of aliphatic hydroxyl groups is 4. The van der Waals surface area contributed by atoms with Gasteiger partial charge in [-0.3, -0.25) is 4.79 Å². The maximum absolute atomic E-state index is 10.4. The Morgan fingerprint density at radius 1 is 1.00 bits per heavy atom. The Morgan fingerprint density at radius 3 is 1.78 bits per heavy atom. The molecule has 132 valence electrons. The Hall–Kier alpha value is -1.91. The fourth-order valence-corrected chi connectivity index (χ4v) is 1.34. The minimum Gasteiger partial charge on any atom is -0.504 e. The summed E-state index contributed by atoms with van der Waals surface area (Å²) in [6.45, 7) is -1.62. The van der Waals surface area contributed by atoms with E-state index in [1.165, 1.54) is 18.2 Å². The molecule has 0 saturated carbocycles. The highest BCUT2D eigenvalue weighted by Crippen LogP contribution is 2.25. The number of carboxylic acids is 1. The van der Waals surface area contributed by atoms with Crippen molar-refractivity contribution < 1.29 is 40.5 Å². The summed E-state index contributed by atoms with van der Waals surface area (Å²) in [6, 6.07) is 3.09. The van der Waals surface area contributed by atoms with Crippen molar-refractivity contribution in [2.24, 2.45) is 11.1 Å². The van der Waals surface area contributed by atoms with Crippen LogP contribution < -0.4 is 5.73 Å². The third-order valence-corrected chi connectivity index (χ3v) is 3.15. The molecule has 0 saturated heterocycles. The highest BCUT2D eigenvalue weighted by Gasteiger charge is 2.26. The zero-order valence-electron chi connectivity index (χ0n) is 12.5. The fraction of sp³-hybridized carbons (Fsp3) is 0.500. The van der Waals surface area contributed by atoms with Crippen molar-refractivity contribution in [1.29, 1.82) is 0 Å². The fourth-order valence-electron chi connectivity index (χ4n) is 1.34. The van der Waals surface area contributed by atoms with Gasteiger partial charge in [0.05, 0.1) is 31.8 Å². The third-order valence-electron chi connectivity index (χ3n) is 3.15. The average Bonchev–Trinajstić information content (AvgIpc) is 2.54. The Morgan fingerprint density at radius 2 is 1.48 bits per heavy atom. The lowest BCUT2D eigenvalue weighted by Gasteiger charge is -2.23. The van der Waals surface area contributed by atoms with Crippen molar-refractivity contribution >= 4 is 5.97 Å². The molecule has 0 amide bonds. The van der Waals surface area contributed by atoms with Gasteiger partial charge in [0.1, 0.15) is 6.04 Å². The number of carboxylic acid groups (broad SMARTS) is 1. The van der Waals surface area contributed by atoms with Gasteiger partial charge in [-0.25, -0.2) is 0 Å². The van der Waals surface area contributed by atoms with E-state index in [-0.39, 0.29) is 17.9 Å². The first kappa shape index (κ1) is 21.1. The van der Waals surface area contributed by atoms with Crippen LogP contribution in [0.5, 0.6) is 11.5 Å². The largest absolute Gasteiger partial charge is 0.504 e. The zero-order valence-corrected chi connectivity index (χ0v) is 12.5. The van der Waals surface area contributed by atoms with Crippen molar-refractivity contribution in [3.8, 4) is 11.5 Å². The molecule has 0 unspecified atom stereocenters. The van der Waals surface area contributed by atoms with Crippen LogP contribution in [-0.2, 0) is 11.2 Å². The maximum Gasteiger partial charge on any atom is 0.320 e. The molecule has 1 aromatic rings. The highest BCUT2D eigenvalue weighted by molar-refractivity contribution is 5.73. The third kappa shape index (κ3) is 6.80. The lowest BCUT2D eigenvalue weighted by atomic mass is 9.93. The lowest BCUT2D eigenvalue weighted by Crippen LogP contribution is -2.37. The smallest absolute Gasteiger partial charge is 0.320 e. The molecule has 0 spiro atoms. The number of nitrogens with two attached hydrogens (primary N) is 1. The molecule has 1 aromatic carbocycles. The number of carbonyl (C=O) groups is 1. The molecular weight excluding hydrogens is 310 g/mol. The molecule has 0 aliphatic heterocycles. The second kappa shape index (κ2) is 9.98. The molecule has 0 aromatic heterocycles. The summed E-state index contributed by atoms with van der Waals surface area (Å²) >= 11 is 0. The first-order valence-corrected chi connectivity index (χ1v) is 6.68. The number of benzene rings is 1. The molecule has 9 nitrogen and oxygen atoms in total. The standard InChI is InChI=1S/C9H11NO4.C5H12O4/c10-6(9(13)14)3-5-1-2-7(11)8(12)4-5;6-1-5(2-7,3-8)4-9/h1-2,4,6,11-12H,3,10H2,(H,13,14);6-9H,1-4H2/t6-;/m0./s1. The van der Waals surface area contributed by atoms with Crippen molar-refractivity contribution in [3.05, 3.63) is 23.8 Å². The van der Waals surface area contributed by atoms with Gasteiger partial charge in [-0.05, 0) is 24.1 Å². The van der Waals surface area contributed by atoms with Crippen LogP contribution in [0, 0.1) is 5.41 Å². The van der Waals surface area contributed by atoms with Gasteiger partial charge in [-0.1, -0.05) is 6.07 Å². The van der Waals surface area contributed by atoms with Crippen LogP contribution in [0.1, 0.15) is 5.56 Å². The second-order valence-corrected chi connectivity index (χ2v) is 5.10. The zero-order chi connectivity index (χ0) is 18.0. The van der Waals surface area contributed by atoms with E-state index in [9.17, 15) is 4.79 Å². The molecule has 1 atom stereocenters. The Bertz CT molecular complexity index is 472. The van der Waals surface area contributed by atoms with Gasteiger partial charge in [0.2, 0.25) is 0 Å². The first-order chi connectivity index (χ1) is 10.7. The first-order valence-electron chi connectivity index (χ1n) is 6.68. The summed E-state index contributed by atoms with van der Waals surface area (Å²) in [6.07, 6.45) is 0.114. The van der Waals surface area contributed by atoms with E-state index in [0.717, 1.165) is 0 Å². The number of aliphatic hydroxyl groups excluding tert-OH is 4. The molecule has 0 aliphatic carbocycles. The van der Waals surface area contributed by atoms with Crippen LogP contribution in [0.2, 0.25) is 0 Å². The van der Waals surface area contributed by atoms with Crippen LogP contribution in [-0.4, -0.2) is 74.2 Å². The minimum absolute atomic E-state index is 0.114. The summed E-state index contributed by atoms with van der Waals surface area (Å²) in [4.78, 5) is 10.4. The van der Waals surface area contributed by atoms with E-state index in [4.69, 9.17) is 41.5 Å². The summed E-state index contributed by atoms with van der Waals surface area (Å²) in [7, 11) is 0. The monoisotopic (exact) mass is 333 g/mol. The quantitative estimate of drug-likeness (QED) is 0.261. The van der Waals surface area contributed by atoms with Crippen molar-refractivity contribution in [3.63, 3.8) is 0 Å². The van der Waals surface area contributed by atoms with E-state index < -0.39 is 43.9 Å². The van der Waals surface area contributed by atoms with Crippen LogP contribution in [0.4, 0.5) is 0 Å². The number of aromatic hydroxyl groups is 2. The van der Waals surface area contributed by atoms with E-state index in [1.807, 2.05) is 0 Å². The maximum atomic E-state index is 10.4. The Labute approximate surface area is 132 Å². The van der Waals surface area contributed by atoms with Crippen LogP contribution in [0.25, 0.3) is 0 Å². The number of phenols is 2.